The van der Waals surface area contributed by atoms with Crippen molar-refractivity contribution >= 4 is 22.6 Å². The third-order valence-electron chi connectivity index (χ3n) is 4.76. The average Bonchev–Trinajstić information content (AvgIpc) is 3.22. The maximum atomic E-state index is 12.0. The van der Waals surface area contributed by atoms with Crippen LogP contribution in [-0.4, -0.2) is 52.4 Å². The maximum Gasteiger partial charge on any atom is 0.267 e. The molecule has 1 aliphatic heterocycles. The van der Waals surface area contributed by atoms with Gasteiger partial charge < -0.3 is 14.8 Å². The molecule has 0 aromatic carbocycles. The summed E-state index contributed by atoms with van der Waals surface area (Å²) in [5, 5.41) is 3.64. The van der Waals surface area contributed by atoms with Crippen molar-refractivity contribution in [1.29, 1.82) is 0 Å². The van der Waals surface area contributed by atoms with Gasteiger partial charge in [0.1, 0.15) is 5.69 Å². The first-order valence-electron chi connectivity index (χ1n) is 8.63. The van der Waals surface area contributed by atoms with Gasteiger partial charge in [0, 0.05) is 45.4 Å². The van der Waals surface area contributed by atoms with E-state index in [1.165, 1.54) is 30.1 Å². The minimum Gasteiger partial charge on any atom is -0.354 e. The lowest BCUT2D eigenvalue weighted by molar-refractivity contribution is 0.0952. The van der Waals surface area contributed by atoms with Gasteiger partial charge in [0.25, 0.3) is 5.91 Å². The lowest BCUT2D eigenvalue weighted by Crippen LogP contribution is -2.34. The van der Waals surface area contributed by atoms with Crippen molar-refractivity contribution in [3.63, 3.8) is 0 Å². The molecule has 2 aromatic heterocycles. The van der Waals surface area contributed by atoms with Crippen LogP contribution >= 0.6 is 11.5 Å². The summed E-state index contributed by atoms with van der Waals surface area (Å²) in [6.45, 7) is 1.77. The van der Waals surface area contributed by atoms with E-state index in [4.69, 9.17) is 0 Å². The minimum absolute atomic E-state index is 0.0482. The second-order valence-electron chi connectivity index (χ2n) is 6.65. The fourth-order valence-corrected chi connectivity index (χ4v) is 4.00. The van der Waals surface area contributed by atoms with E-state index in [2.05, 4.69) is 25.6 Å². The predicted molar refractivity (Wildman–Crippen MR) is 100 cm³/mol. The molecule has 1 atom stereocenters. The van der Waals surface area contributed by atoms with E-state index in [0.717, 1.165) is 30.5 Å². The summed E-state index contributed by atoms with van der Waals surface area (Å²) in [7, 11) is 7.60. The number of nitrogens with one attached hydrogen (secondary N) is 1. The van der Waals surface area contributed by atoms with Gasteiger partial charge in [0.05, 0.1) is 12.6 Å². The number of rotatable bonds is 5. The highest BCUT2D eigenvalue weighted by atomic mass is 32.1. The number of hydrogen-bond donors (Lipinski definition) is 1. The third kappa shape index (κ3) is 3.69. The van der Waals surface area contributed by atoms with Crippen LogP contribution in [0.15, 0.2) is 12.1 Å². The third-order valence-corrected chi connectivity index (χ3v) is 5.68. The molecule has 25 heavy (non-hydrogen) atoms. The van der Waals surface area contributed by atoms with E-state index in [1.807, 2.05) is 36.7 Å². The SMILES string of the molecule is CNC(=O)c1ccc([C@@H]2CCCCN2Cc2nsc(N(C)C)n2)n1C. The molecule has 1 aliphatic rings. The minimum atomic E-state index is -0.0482. The van der Waals surface area contributed by atoms with Crippen molar-refractivity contribution in [3.8, 4) is 0 Å². The Bertz CT molecular complexity index is 737. The van der Waals surface area contributed by atoms with E-state index >= 15 is 0 Å². The zero-order valence-corrected chi connectivity index (χ0v) is 16.1. The van der Waals surface area contributed by atoms with Gasteiger partial charge in [-0.15, -0.1) is 0 Å². The molecule has 0 unspecified atom stereocenters. The summed E-state index contributed by atoms with van der Waals surface area (Å²) in [4.78, 5) is 21.0. The highest BCUT2D eigenvalue weighted by Gasteiger charge is 2.28. The first kappa shape index (κ1) is 17.9. The topological polar surface area (TPSA) is 66.3 Å². The van der Waals surface area contributed by atoms with Gasteiger partial charge in [0.15, 0.2) is 5.82 Å². The molecule has 3 heterocycles. The fourth-order valence-electron chi connectivity index (χ4n) is 3.41. The number of aromatic nitrogens is 3. The van der Waals surface area contributed by atoms with Gasteiger partial charge in [-0.25, -0.2) is 4.98 Å². The molecule has 7 nitrogen and oxygen atoms in total. The lowest BCUT2D eigenvalue weighted by Gasteiger charge is -2.35. The van der Waals surface area contributed by atoms with Crippen molar-refractivity contribution in [3.05, 3.63) is 29.3 Å². The number of amides is 1. The second-order valence-corrected chi connectivity index (χ2v) is 7.38. The Kier molecular flexibility index (Phi) is 5.39. The number of piperidine rings is 1. The van der Waals surface area contributed by atoms with E-state index in [1.54, 1.807) is 7.05 Å². The molecule has 0 spiro atoms. The lowest BCUT2D eigenvalue weighted by atomic mass is 9.99. The fraction of sp³-hybridized carbons (Fsp3) is 0.588. The van der Waals surface area contributed by atoms with Crippen LogP contribution in [0.25, 0.3) is 0 Å². The largest absolute Gasteiger partial charge is 0.354 e. The number of likely N-dealkylation sites (tertiary alicyclic amines) is 1. The molecule has 136 valence electrons. The normalized spacial score (nSPS) is 18.3. The second kappa shape index (κ2) is 7.53. The van der Waals surface area contributed by atoms with Crippen LogP contribution < -0.4 is 10.2 Å². The summed E-state index contributed by atoms with van der Waals surface area (Å²) >= 11 is 1.44. The Hall–Kier alpha value is -1.93. The van der Waals surface area contributed by atoms with Crippen molar-refractivity contribution in [2.45, 2.75) is 31.8 Å². The molecule has 1 amide bonds. The first-order chi connectivity index (χ1) is 12.0. The Morgan fingerprint density at radius 3 is 2.88 bits per heavy atom. The van der Waals surface area contributed by atoms with Crippen LogP contribution in [0.5, 0.6) is 0 Å². The van der Waals surface area contributed by atoms with Gasteiger partial charge >= 0.3 is 0 Å². The monoisotopic (exact) mass is 362 g/mol. The molecule has 0 radical (unpaired) electrons. The Morgan fingerprint density at radius 1 is 1.40 bits per heavy atom. The zero-order chi connectivity index (χ0) is 18.0. The molecule has 0 saturated carbocycles. The molecular weight excluding hydrogens is 336 g/mol. The van der Waals surface area contributed by atoms with Gasteiger partial charge in [0.2, 0.25) is 5.13 Å². The standard InChI is InChI=1S/C17H26N6OS/c1-18-16(24)14-9-8-12(22(14)4)13-7-5-6-10-23(13)11-15-19-17(21(2)3)25-20-15/h8-9,13H,5-7,10-11H2,1-4H3,(H,18,24)/t13-/m0/s1. The molecular formula is C17H26N6OS. The number of anilines is 1. The number of nitrogens with zero attached hydrogens (tertiary/aromatic N) is 5. The first-order valence-corrected chi connectivity index (χ1v) is 9.40. The van der Waals surface area contributed by atoms with Crippen molar-refractivity contribution in [2.24, 2.45) is 7.05 Å². The molecule has 3 rings (SSSR count). The summed E-state index contributed by atoms with van der Waals surface area (Å²) in [6.07, 6.45) is 3.48. The van der Waals surface area contributed by atoms with Crippen LogP contribution in [0.4, 0.5) is 5.13 Å². The summed E-state index contributed by atoms with van der Waals surface area (Å²) in [5.74, 6) is 0.828. The number of hydrogen-bond acceptors (Lipinski definition) is 6. The molecule has 0 bridgehead atoms. The van der Waals surface area contributed by atoms with Gasteiger partial charge in [-0.1, -0.05) is 6.42 Å². The van der Waals surface area contributed by atoms with Crippen LogP contribution in [0.2, 0.25) is 0 Å². The summed E-state index contributed by atoms with van der Waals surface area (Å²) < 4.78 is 6.52. The van der Waals surface area contributed by atoms with Crippen molar-refractivity contribution in [2.75, 3.05) is 32.6 Å². The number of carbonyl (C=O) groups is 1. The van der Waals surface area contributed by atoms with E-state index < -0.39 is 0 Å². The van der Waals surface area contributed by atoms with Gasteiger partial charge in [-0.05, 0) is 31.5 Å². The van der Waals surface area contributed by atoms with Crippen LogP contribution in [-0.2, 0) is 13.6 Å². The van der Waals surface area contributed by atoms with Crippen LogP contribution in [0.3, 0.4) is 0 Å². The predicted octanol–water partition coefficient (Wildman–Crippen LogP) is 2.03. The molecule has 1 fully saturated rings. The molecule has 2 aromatic rings. The Labute approximate surface area is 152 Å². The zero-order valence-electron chi connectivity index (χ0n) is 15.3. The molecule has 8 heteroatoms. The molecule has 1 saturated heterocycles. The highest BCUT2D eigenvalue weighted by molar-refractivity contribution is 7.09. The van der Waals surface area contributed by atoms with E-state index in [0.29, 0.717) is 11.7 Å². The van der Waals surface area contributed by atoms with Crippen LogP contribution in [0, 0.1) is 0 Å². The maximum absolute atomic E-state index is 12.0. The molecule has 1 N–H and O–H groups in total. The Morgan fingerprint density at radius 2 is 2.20 bits per heavy atom. The highest BCUT2D eigenvalue weighted by Crippen LogP contribution is 2.33. The van der Waals surface area contributed by atoms with Gasteiger partial charge in [-0.2, -0.15) is 4.37 Å². The van der Waals surface area contributed by atoms with Gasteiger partial charge in [-0.3, -0.25) is 9.69 Å². The number of carbonyl (C=O) groups excluding carboxylic acids is 1. The molecule has 0 aliphatic carbocycles. The van der Waals surface area contributed by atoms with E-state index in [9.17, 15) is 4.79 Å². The summed E-state index contributed by atoms with van der Waals surface area (Å²) in [5.41, 5.74) is 1.88. The summed E-state index contributed by atoms with van der Waals surface area (Å²) in [6, 6.07) is 4.28. The Balaban J connectivity index is 1.81. The van der Waals surface area contributed by atoms with E-state index in [-0.39, 0.29) is 5.91 Å². The van der Waals surface area contributed by atoms with Crippen molar-refractivity contribution in [1.82, 2.24) is 24.1 Å². The quantitative estimate of drug-likeness (QED) is 0.882. The van der Waals surface area contributed by atoms with Crippen LogP contribution in [0.1, 0.15) is 47.3 Å². The van der Waals surface area contributed by atoms with Crippen molar-refractivity contribution < 1.29 is 4.79 Å². The smallest absolute Gasteiger partial charge is 0.267 e. The average molecular weight is 363 g/mol.